The van der Waals surface area contributed by atoms with E-state index < -0.39 is 10.0 Å². The summed E-state index contributed by atoms with van der Waals surface area (Å²) < 4.78 is 22.0. The van der Waals surface area contributed by atoms with Gasteiger partial charge in [-0.3, -0.25) is 0 Å². The van der Waals surface area contributed by atoms with Crippen molar-refractivity contribution in [2.75, 3.05) is 5.32 Å². The highest BCUT2D eigenvalue weighted by Gasteiger charge is 2.06. The fourth-order valence-corrected chi connectivity index (χ4v) is 2.82. The van der Waals surface area contributed by atoms with Gasteiger partial charge in [-0.2, -0.15) is 0 Å². The van der Waals surface area contributed by atoms with E-state index in [0.29, 0.717) is 11.6 Å². The van der Waals surface area contributed by atoms with Gasteiger partial charge >= 0.3 is 0 Å². The molecule has 1 aromatic rings. The molecule has 4 nitrogen and oxygen atoms in total. The van der Waals surface area contributed by atoms with Crippen LogP contribution in [0.15, 0.2) is 24.3 Å². The molecular weight excluding hydrogens is 272 g/mol. The molecule has 0 saturated heterocycles. The van der Waals surface area contributed by atoms with E-state index >= 15 is 0 Å². The van der Waals surface area contributed by atoms with Crippen LogP contribution in [0, 0.1) is 0 Å². The lowest BCUT2D eigenvalue weighted by Crippen LogP contribution is -2.16. The van der Waals surface area contributed by atoms with Gasteiger partial charge in [-0.25, -0.2) is 13.6 Å². The van der Waals surface area contributed by atoms with E-state index in [1.54, 1.807) is 12.1 Å². The third-order valence-electron chi connectivity index (χ3n) is 3.23. The predicted molar refractivity (Wildman–Crippen MR) is 85.1 cm³/mol. The van der Waals surface area contributed by atoms with Crippen LogP contribution in [0.1, 0.15) is 51.5 Å². The van der Waals surface area contributed by atoms with E-state index in [0.717, 1.165) is 12.1 Å². The van der Waals surface area contributed by atoms with Crippen molar-refractivity contribution in [2.45, 2.75) is 57.7 Å². The van der Waals surface area contributed by atoms with Crippen LogP contribution >= 0.6 is 0 Å². The smallest absolute Gasteiger partial charge is 0.213 e. The minimum Gasteiger partial charge on any atom is -0.383 e. The Morgan fingerprint density at radius 3 is 2.35 bits per heavy atom. The summed E-state index contributed by atoms with van der Waals surface area (Å²) in [5, 5.41) is 8.45. The van der Waals surface area contributed by atoms with E-state index in [2.05, 4.69) is 19.2 Å². The fourth-order valence-electron chi connectivity index (χ4n) is 2.16. The van der Waals surface area contributed by atoms with E-state index in [4.69, 9.17) is 5.14 Å². The van der Waals surface area contributed by atoms with Gasteiger partial charge in [-0.15, -0.1) is 0 Å². The van der Waals surface area contributed by atoms with Crippen LogP contribution in [-0.2, 0) is 15.8 Å². The lowest BCUT2D eigenvalue weighted by molar-refractivity contribution is 0.594. The van der Waals surface area contributed by atoms with Gasteiger partial charge in [-0.1, -0.05) is 44.7 Å². The Morgan fingerprint density at radius 1 is 1.15 bits per heavy atom. The van der Waals surface area contributed by atoms with Gasteiger partial charge in [-0.05, 0) is 31.0 Å². The number of hydrogen-bond acceptors (Lipinski definition) is 3. The summed E-state index contributed by atoms with van der Waals surface area (Å²) in [6.45, 7) is 4.38. The summed E-state index contributed by atoms with van der Waals surface area (Å²) in [4.78, 5) is 0. The summed E-state index contributed by atoms with van der Waals surface area (Å²) in [5.74, 6) is -0.111. The summed E-state index contributed by atoms with van der Waals surface area (Å²) >= 11 is 0. The molecule has 1 atom stereocenters. The van der Waals surface area contributed by atoms with Gasteiger partial charge in [0, 0.05) is 11.7 Å². The summed E-state index contributed by atoms with van der Waals surface area (Å²) in [5.41, 5.74) is 1.74. The fraction of sp³-hybridized carbons (Fsp3) is 0.600. The van der Waals surface area contributed by atoms with Crippen LogP contribution in [0.4, 0.5) is 5.69 Å². The normalized spacial score (nSPS) is 13.2. The second-order valence-electron chi connectivity index (χ2n) is 5.40. The van der Waals surface area contributed by atoms with Gasteiger partial charge in [0.25, 0.3) is 0 Å². The Labute approximate surface area is 122 Å². The van der Waals surface area contributed by atoms with E-state index in [1.165, 1.54) is 25.7 Å². The first-order chi connectivity index (χ1) is 9.40. The average Bonchev–Trinajstić information content (AvgIpc) is 2.35. The lowest BCUT2D eigenvalue weighted by atomic mass is 10.1. The van der Waals surface area contributed by atoms with Gasteiger partial charge in [0.05, 0.1) is 5.75 Å². The van der Waals surface area contributed by atoms with Gasteiger partial charge in [0.1, 0.15) is 0 Å². The zero-order valence-electron chi connectivity index (χ0n) is 12.4. The van der Waals surface area contributed by atoms with Crippen LogP contribution in [0.3, 0.4) is 0 Å². The maximum atomic E-state index is 11.0. The molecule has 1 rings (SSSR count). The van der Waals surface area contributed by atoms with Crippen molar-refractivity contribution in [3.05, 3.63) is 29.8 Å². The number of rotatable bonds is 9. The number of sulfonamides is 1. The molecule has 3 N–H and O–H groups in total. The lowest BCUT2D eigenvalue weighted by Gasteiger charge is -2.15. The van der Waals surface area contributed by atoms with Crippen molar-refractivity contribution in [1.82, 2.24) is 0 Å². The second-order valence-corrected chi connectivity index (χ2v) is 7.01. The highest BCUT2D eigenvalue weighted by Crippen LogP contribution is 2.14. The maximum absolute atomic E-state index is 11.0. The topological polar surface area (TPSA) is 72.2 Å². The highest BCUT2D eigenvalue weighted by molar-refractivity contribution is 7.88. The van der Waals surface area contributed by atoms with Crippen LogP contribution in [0.5, 0.6) is 0 Å². The van der Waals surface area contributed by atoms with E-state index in [-0.39, 0.29) is 5.75 Å². The quantitative estimate of drug-likeness (QED) is 0.687. The SMILES string of the molecule is CCCCCCC(C)Nc1ccc(CS(N)(=O)=O)cc1. The Kier molecular flexibility index (Phi) is 7.02. The van der Waals surface area contributed by atoms with Crippen molar-refractivity contribution in [3.63, 3.8) is 0 Å². The zero-order chi connectivity index (χ0) is 15.0. The summed E-state index contributed by atoms with van der Waals surface area (Å²) in [7, 11) is -3.45. The van der Waals surface area contributed by atoms with E-state index in [1.807, 2.05) is 12.1 Å². The standard InChI is InChI=1S/C15H26N2O2S/c1-3-4-5-6-7-13(2)17-15-10-8-14(9-11-15)12-20(16,18)19/h8-11,13,17H,3-7,12H2,1-2H3,(H2,16,18,19). The molecule has 0 radical (unpaired) electrons. The van der Waals surface area contributed by atoms with Crippen LogP contribution in [0.2, 0.25) is 0 Å². The minimum atomic E-state index is -3.45. The number of hydrogen-bond donors (Lipinski definition) is 2. The second kappa shape index (κ2) is 8.27. The third-order valence-corrected chi connectivity index (χ3v) is 3.96. The zero-order valence-corrected chi connectivity index (χ0v) is 13.2. The molecule has 1 unspecified atom stereocenters. The van der Waals surface area contributed by atoms with Crippen molar-refractivity contribution >= 4 is 15.7 Å². The van der Waals surface area contributed by atoms with Crippen LogP contribution in [0.25, 0.3) is 0 Å². The molecule has 0 aliphatic carbocycles. The molecule has 114 valence electrons. The molecule has 0 spiro atoms. The predicted octanol–water partition coefficient (Wildman–Crippen LogP) is 3.25. The Morgan fingerprint density at radius 2 is 1.80 bits per heavy atom. The molecule has 0 fully saturated rings. The van der Waals surface area contributed by atoms with Crippen molar-refractivity contribution in [2.24, 2.45) is 5.14 Å². The molecular formula is C15H26N2O2S. The third kappa shape index (κ3) is 7.50. The first-order valence-electron chi connectivity index (χ1n) is 7.26. The molecule has 0 bridgehead atoms. The first-order valence-corrected chi connectivity index (χ1v) is 8.98. The molecule has 0 heterocycles. The highest BCUT2D eigenvalue weighted by atomic mass is 32.2. The molecule has 0 aliphatic heterocycles. The average molecular weight is 298 g/mol. The molecule has 20 heavy (non-hydrogen) atoms. The van der Waals surface area contributed by atoms with Gasteiger partial charge in [0.15, 0.2) is 0 Å². The number of nitrogens with one attached hydrogen (secondary N) is 1. The van der Waals surface area contributed by atoms with Gasteiger partial charge in [0.2, 0.25) is 10.0 Å². The first kappa shape index (κ1) is 17.0. The molecule has 1 aromatic carbocycles. The number of anilines is 1. The molecule has 0 saturated carbocycles. The Bertz CT molecular complexity index is 483. The summed E-state index contributed by atoms with van der Waals surface area (Å²) in [6.07, 6.45) is 6.24. The van der Waals surface area contributed by atoms with Crippen LogP contribution in [-0.4, -0.2) is 14.5 Å². The number of nitrogens with two attached hydrogens (primary N) is 1. The monoisotopic (exact) mass is 298 g/mol. The Balaban J connectivity index is 2.41. The van der Waals surface area contributed by atoms with E-state index in [9.17, 15) is 8.42 Å². The van der Waals surface area contributed by atoms with Gasteiger partial charge < -0.3 is 5.32 Å². The maximum Gasteiger partial charge on any atom is 0.213 e. The molecule has 0 amide bonds. The molecule has 0 aromatic heterocycles. The van der Waals surface area contributed by atoms with Crippen LogP contribution < -0.4 is 10.5 Å². The minimum absolute atomic E-state index is 0.111. The van der Waals surface area contributed by atoms with Crippen molar-refractivity contribution in [3.8, 4) is 0 Å². The molecule has 5 heteroatoms. The molecule has 0 aliphatic rings. The number of primary sulfonamides is 1. The Hall–Kier alpha value is -1.07. The number of unbranched alkanes of at least 4 members (excludes halogenated alkanes) is 3. The largest absolute Gasteiger partial charge is 0.383 e. The van der Waals surface area contributed by atoms with Crippen molar-refractivity contribution in [1.29, 1.82) is 0 Å². The number of benzene rings is 1. The summed E-state index contributed by atoms with van der Waals surface area (Å²) in [6, 6.07) is 7.84. The van der Waals surface area contributed by atoms with Crippen molar-refractivity contribution < 1.29 is 8.42 Å².